The number of H-pyrrole nitrogens is 1. The minimum absolute atomic E-state index is 0.140. The second-order valence-corrected chi connectivity index (χ2v) is 3.13. The van der Waals surface area contributed by atoms with Crippen molar-refractivity contribution in [3.8, 4) is 5.88 Å². The van der Waals surface area contributed by atoms with Gasteiger partial charge >= 0.3 is 5.97 Å². The van der Waals surface area contributed by atoms with Crippen LogP contribution in [0.4, 0.5) is 0 Å². The van der Waals surface area contributed by atoms with Gasteiger partial charge in [-0.1, -0.05) is 24.3 Å². The summed E-state index contributed by atoms with van der Waals surface area (Å²) in [6, 6.07) is 13.0. The number of esters is 1. The Kier molecular flexibility index (Phi) is 2.82. The van der Waals surface area contributed by atoms with Crippen LogP contribution >= 0.6 is 0 Å². The van der Waals surface area contributed by atoms with Gasteiger partial charge in [-0.05, 0) is 18.2 Å². The fraction of sp³-hybridized carbons (Fsp3) is 0. The van der Waals surface area contributed by atoms with Crippen LogP contribution < -0.4 is 10.3 Å². The zero-order valence-corrected chi connectivity index (χ0v) is 8.34. The van der Waals surface area contributed by atoms with Crippen LogP contribution in [0.1, 0.15) is 10.4 Å². The molecule has 1 heterocycles. The van der Waals surface area contributed by atoms with Crippen LogP contribution in [-0.4, -0.2) is 11.0 Å². The zero-order valence-electron chi connectivity index (χ0n) is 8.34. The molecule has 4 heteroatoms. The number of aromatic amines is 1. The highest BCUT2D eigenvalue weighted by molar-refractivity contribution is 5.90. The van der Waals surface area contributed by atoms with Crippen molar-refractivity contribution >= 4 is 5.97 Å². The van der Waals surface area contributed by atoms with E-state index in [4.69, 9.17) is 4.74 Å². The number of hydrogen-bond acceptors (Lipinski definition) is 3. The normalized spacial score (nSPS) is 9.75. The molecule has 4 nitrogen and oxygen atoms in total. The largest absolute Gasteiger partial charge is 0.406 e. The Balaban J connectivity index is 2.17. The molecule has 1 N–H and O–H groups in total. The summed E-state index contributed by atoms with van der Waals surface area (Å²) in [5.74, 6) is -0.358. The Hall–Kier alpha value is -2.36. The van der Waals surface area contributed by atoms with Crippen LogP contribution in [-0.2, 0) is 0 Å². The second kappa shape index (κ2) is 4.44. The quantitative estimate of drug-likeness (QED) is 0.774. The standard InChI is InChI=1S/C12H9NO3/c14-10-7-4-8-11(13-10)16-12(15)9-5-2-1-3-6-9/h1-8H,(H,13,14). The monoisotopic (exact) mass is 215 g/mol. The van der Waals surface area contributed by atoms with E-state index in [-0.39, 0.29) is 11.4 Å². The number of carbonyl (C=O) groups excluding carboxylic acids is 1. The van der Waals surface area contributed by atoms with Crippen LogP contribution in [0.5, 0.6) is 5.88 Å². The number of carbonyl (C=O) groups is 1. The Labute approximate surface area is 91.5 Å². The van der Waals surface area contributed by atoms with Crippen molar-refractivity contribution in [2.45, 2.75) is 0 Å². The third-order valence-corrected chi connectivity index (χ3v) is 1.95. The van der Waals surface area contributed by atoms with E-state index in [9.17, 15) is 9.59 Å². The Morgan fingerprint density at radius 1 is 1.00 bits per heavy atom. The number of nitrogens with one attached hydrogen (secondary N) is 1. The first-order valence-electron chi connectivity index (χ1n) is 4.72. The van der Waals surface area contributed by atoms with Crippen LogP contribution in [0.2, 0.25) is 0 Å². The molecule has 2 aromatic rings. The molecule has 0 aliphatic rings. The number of ether oxygens (including phenoxy) is 1. The van der Waals surface area contributed by atoms with Crippen LogP contribution in [0, 0.1) is 0 Å². The number of aromatic nitrogens is 1. The van der Waals surface area contributed by atoms with Gasteiger partial charge in [0.15, 0.2) is 0 Å². The fourth-order valence-electron chi connectivity index (χ4n) is 1.22. The molecule has 80 valence electrons. The van der Waals surface area contributed by atoms with Gasteiger partial charge in [-0.2, -0.15) is 0 Å². The summed E-state index contributed by atoms with van der Waals surface area (Å²) in [5.41, 5.74) is 0.130. The van der Waals surface area contributed by atoms with Crippen molar-refractivity contribution in [3.05, 3.63) is 64.4 Å². The Morgan fingerprint density at radius 2 is 1.75 bits per heavy atom. The minimum Gasteiger partial charge on any atom is -0.406 e. The predicted molar refractivity (Wildman–Crippen MR) is 58.5 cm³/mol. The maximum Gasteiger partial charge on any atom is 0.344 e. The molecule has 0 aliphatic carbocycles. The summed E-state index contributed by atoms with van der Waals surface area (Å²) < 4.78 is 4.99. The predicted octanol–water partition coefficient (Wildman–Crippen LogP) is 1.59. The van der Waals surface area contributed by atoms with E-state index < -0.39 is 5.97 Å². The molecule has 0 bridgehead atoms. The second-order valence-electron chi connectivity index (χ2n) is 3.13. The molecule has 0 saturated heterocycles. The average molecular weight is 215 g/mol. The lowest BCUT2D eigenvalue weighted by atomic mass is 10.2. The number of rotatable bonds is 2. The van der Waals surface area contributed by atoms with Gasteiger partial charge in [0.1, 0.15) is 0 Å². The molecular weight excluding hydrogens is 206 g/mol. The van der Waals surface area contributed by atoms with Gasteiger partial charge in [0.2, 0.25) is 5.88 Å². The van der Waals surface area contributed by atoms with Crippen molar-refractivity contribution in [2.24, 2.45) is 0 Å². The SMILES string of the molecule is O=C(Oc1cccc(=O)[nH]1)c1ccccc1. The van der Waals surface area contributed by atoms with E-state index >= 15 is 0 Å². The van der Waals surface area contributed by atoms with E-state index in [0.29, 0.717) is 5.56 Å². The molecule has 0 spiro atoms. The van der Waals surface area contributed by atoms with Crippen LogP contribution in [0.25, 0.3) is 0 Å². The summed E-state index contributed by atoms with van der Waals surface area (Å²) in [4.78, 5) is 25.0. The number of hydrogen-bond donors (Lipinski definition) is 1. The molecule has 16 heavy (non-hydrogen) atoms. The third kappa shape index (κ3) is 2.36. The molecule has 0 unspecified atom stereocenters. The molecule has 0 fully saturated rings. The molecular formula is C12H9NO3. The topological polar surface area (TPSA) is 59.2 Å². The molecule has 0 aliphatic heterocycles. The molecule has 0 radical (unpaired) electrons. The maximum absolute atomic E-state index is 11.6. The van der Waals surface area contributed by atoms with Gasteiger partial charge in [-0.3, -0.25) is 9.78 Å². The van der Waals surface area contributed by atoms with Crippen molar-refractivity contribution < 1.29 is 9.53 Å². The summed E-state index contributed by atoms with van der Waals surface area (Å²) in [6.07, 6.45) is 0. The van der Waals surface area contributed by atoms with Crippen LogP contribution in [0.15, 0.2) is 53.3 Å². The Morgan fingerprint density at radius 3 is 2.44 bits per heavy atom. The van der Waals surface area contributed by atoms with E-state index in [0.717, 1.165) is 0 Å². The summed E-state index contributed by atoms with van der Waals surface area (Å²) >= 11 is 0. The first-order chi connectivity index (χ1) is 7.75. The molecule has 1 aromatic carbocycles. The maximum atomic E-state index is 11.6. The lowest BCUT2D eigenvalue weighted by Gasteiger charge is -2.02. The van der Waals surface area contributed by atoms with E-state index in [1.54, 1.807) is 30.3 Å². The van der Waals surface area contributed by atoms with Gasteiger partial charge in [0, 0.05) is 6.07 Å². The summed E-state index contributed by atoms with van der Waals surface area (Å²) in [5, 5.41) is 0. The highest BCUT2D eigenvalue weighted by Gasteiger charge is 2.07. The summed E-state index contributed by atoms with van der Waals surface area (Å²) in [7, 11) is 0. The van der Waals surface area contributed by atoms with Crippen LogP contribution in [0.3, 0.4) is 0 Å². The van der Waals surface area contributed by atoms with Gasteiger partial charge in [0.25, 0.3) is 5.56 Å². The van der Waals surface area contributed by atoms with Gasteiger partial charge in [-0.25, -0.2) is 4.79 Å². The van der Waals surface area contributed by atoms with E-state index in [1.807, 2.05) is 0 Å². The summed E-state index contributed by atoms with van der Waals surface area (Å²) in [6.45, 7) is 0. The molecule has 0 amide bonds. The zero-order chi connectivity index (χ0) is 11.4. The Bertz CT molecular complexity index is 545. The highest BCUT2D eigenvalue weighted by Crippen LogP contribution is 2.06. The number of pyridine rings is 1. The molecule has 0 saturated carbocycles. The lowest BCUT2D eigenvalue weighted by Crippen LogP contribution is -2.12. The molecule has 1 aromatic heterocycles. The first-order valence-corrected chi connectivity index (χ1v) is 4.72. The van der Waals surface area contributed by atoms with Gasteiger partial charge < -0.3 is 4.74 Å². The molecule has 2 rings (SSSR count). The lowest BCUT2D eigenvalue weighted by molar-refractivity contribution is 0.0727. The van der Waals surface area contributed by atoms with Gasteiger partial charge in [0.05, 0.1) is 5.56 Å². The third-order valence-electron chi connectivity index (χ3n) is 1.95. The smallest absolute Gasteiger partial charge is 0.344 e. The van der Waals surface area contributed by atoms with Crippen molar-refractivity contribution in [1.29, 1.82) is 0 Å². The number of benzene rings is 1. The van der Waals surface area contributed by atoms with Crippen molar-refractivity contribution in [3.63, 3.8) is 0 Å². The van der Waals surface area contributed by atoms with E-state index in [2.05, 4.69) is 4.98 Å². The van der Waals surface area contributed by atoms with Crippen molar-refractivity contribution in [1.82, 2.24) is 4.98 Å². The van der Waals surface area contributed by atoms with Crippen molar-refractivity contribution in [2.75, 3.05) is 0 Å². The average Bonchev–Trinajstić information content (AvgIpc) is 2.30. The fourth-order valence-corrected chi connectivity index (χ4v) is 1.22. The first kappa shape index (κ1) is 10.2. The molecule has 0 atom stereocenters. The van der Waals surface area contributed by atoms with E-state index in [1.165, 1.54) is 18.2 Å². The minimum atomic E-state index is -0.498. The van der Waals surface area contributed by atoms with Gasteiger partial charge in [-0.15, -0.1) is 0 Å². The highest BCUT2D eigenvalue weighted by atomic mass is 16.5.